The van der Waals surface area contributed by atoms with Gasteiger partial charge in [-0.1, -0.05) is 18.2 Å². The molecule has 1 saturated heterocycles. The number of methoxy groups -OCH3 is 1. The molecule has 2 aromatic carbocycles. The smallest absolute Gasteiger partial charge is 0.323 e. The van der Waals surface area contributed by atoms with E-state index in [9.17, 15) is 18.0 Å². The van der Waals surface area contributed by atoms with Crippen LogP contribution in [0.25, 0.3) is 0 Å². The molecule has 2 amide bonds. The number of hydrogen-bond donors (Lipinski definition) is 2. The monoisotopic (exact) mass is 494 g/mol. The van der Waals surface area contributed by atoms with E-state index in [1.165, 1.54) is 29.6 Å². The number of anilines is 2. The van der Waals surface area contributed by atoms with E-state index in [0.29, 0.717) is 35.9 Å². The van der Waals surface area contributed by atoms with Crippen LogP contribution >= 0.6 is 0 Å². The van der Waals surface area contributed by atoms with Crippen molar-refractivity contribution in [2.75, 3.05) is 30.8 Å². The van der Waals surface area contributed by atoms with Gasteiger partial charge in [0.25, 0.3) is 5.56 Å². The van der Waals surface area contributed by atoms with Crippen molar-refractivity contribution in [1.82, 2.24) is 8.87 Å². The summed E-state index contributed by atoms with van der Waals surface area (Å²) in [5, 5.41) is 5.63. The number of nitrogens with zero attached hydrogens (tertiary/aromatic N) is 2. The van der Waals surface area contributed by atoms with Crippen LogP contribution in [0.2, 0.25) is 0 Å². The number of pyridine rings is 1. The summed E-state index contributed by atoms with van der Waals surface area (Å²) in [6, 6.07) is 18.0. The van der Waals surface area contributed by atoms with E-state index in [4.69, 9.17) is 4.74 Å². The summed E-state index contributed by atoms with van der Waals surface area (Å²) >= 11 is 0. The third-order valence-corrected chi connectivity index (χ3v) is 8.38. The van der Waals surface area contributed by atoms with Gasteiger partial charge in [-0.2, -0.15) is 4.31 Å². The second-order valence-electron chi connectivity index (χ2n) is 8.82. The first-order valence-corrected chi connectivity index (χ1v) is 12.8. The van der Waals surface area contributed by atoms with Crippen LogP contribution in [0.15, 0.2) is 76.4 Å². The van der Waals surface area contributed by atoms with Crippen molar-refractivity contribution in [1.29, 1.82) is 0 Å². The fourth-order valence-electron chi connectivity index (χ4n) is 4.98. The molecule has 0 aliphatic carbocycles. The lowest BCUT2D eigenvalue weighted by molar-refractivity contribution is 0.187. The van der Waals surface area contributed by atoms with Crippen molar-refractivity contribution >= 4 is 27.4 Å². The van der Waals surface area contributed by atoms with Gasteiger partial charge in [-0.25, -0.2) is 13.2 Å². The lowest BCUT2D eigenvalue weighted by Crippen LogP contribution is -2.49. The van der Waals surface area contributed by atoms with Crippen molar-refractivity contribution in [2.45, 2.75) is 23.8 Å². The number of carbonyl (C=O) groups excluding carboxylic acids is 1. The predicted molar refractivity (Wildman–Crippen MR) is 132 cm³/mol. The number of urea groups is 1. The number of hydrogen-bond acceptors (Lipinski definition) is 5. The fraction of sp³-hybridized carbons (Fsp3) is 0.280. The van der Waals surface area contributed by atoms with E-state index in [2.05, 4.69) is 10.6 Å². The Bertz CT molecular complexity index is 1400. The maximum absolute atomic E-state index is 13.4. The lowest BCUT2D eigenvalue weighted by Gasteiger charge is -2.42. The number of benzene rings is 2. The number of sulfonamides is 1. The number of aromatic nitrogens is 1. The fourth-order valence-corrected chi connectivity index (χ4v) is 6.54. The molecule has 1 fully saturated rings. The Morgan fingerprint density at radius 1 is 0.943 bits per heavy atom. The molecule has 5 rings (SSSR count). The van der Waals surface area contributed by atoms with Crippen molar-refractivity contribution in [3.63, 3.8) is 0 Å². The average molecular weight is 495 g/mol. The zero-order chi connectivity index (χ0) is 24.6. The molecular formula is C25H26N4O5S. The summed E-state index contributed by atoms with van der Waals surface area (Å²) in [5.74, 6) is 0.356. The molecule has 0 saturated carbocycles. The van der Waals surface area contributed by atoms with Gasteiger partial charge in [-0.15, -0.1) is 0 Å². The number of piperidine rings is 1. The Morgan fingerprint density at radius 3 is 2.40 bits per heavy atom. The van der Waals surface area contributed by atoms with Crippen LogP contribution in [0.5, 0.6) is 5.75 Å². The Hall–Kier alpha value is -3.63. The van der Waals surface area contributed by atoms with Crippen LogP contribution in [-0.4, -0.2) is 43.5 Å². The first kappa shape index (κ1) is 23.1. The summed E-state index contributed by atoms with van der Waals surface area (Å²) < 4.78 is 35.1. The maximum Gasteiger partial charge on any atom is 0.323 e. The minimum atomic E-state index is -3.73. The Balaban J connectivity index is 1.42. The number of nitrogens with one attached hydrogen (secondary N) is 2. The van der Waals surface area contributed by atoms with Gasteiger partial charge in [0.2, 0.25) is 10.0 Å². The molecule has 10 heteroatoms. The summed E-state index contributed by atoms with van der Waals surface area (Å²) in [5.41, 5.74) is 1.65. The van der Waals surface area contributed by atoms with E-state index < -0.39 is 16.1 Å². The van der Waals surface area contributed by atoms with Gasteiger partial charge in [0.1, 0.15) is 5.75 Å². The number of para-hydroxylation sites is 1. The highest BCUT2D eigenvalue weighted by molar-refractivity contribution is 7.89. The SMILES string of the molecule is COc1ccc(S(=O)(=O)N2C[C@H]3C[C@H](C2)c2c(NC(=O)Nc4ccccc4)ccc(=O)n2C3)cc1. The summed E-state index contributed by atoms with van der Waals surface area (Å²) in [6.07, 6.45) is 0.743. The van der Waals surface area contributed by atoms with Crippen molar-refractivity contribution in [3.8, 4) is 5.75 Å². The van der Waals surface area contributed by atoms with Gasteiger partial charge in [-0.3, -0.25) is 4.79 Å². The first-order valence-electron chi connectivity index (χ1n) is 11.4. The van der Waals surface area contributed by atoms with E-state index in [1.54, 1.807) is 34.9 Å². The molecule has 2 bridgehead atoms. The molecule has 35 heavy (non-hydrogen) atoms. The van der Waals surface area contributed by atoms with Crippen LogP contribution in [0.4, 0.5) is 16.2 Å². The zero-order valence-corrected chi connectivity index (χ0v) is 20.0. The number of fused-ring (bicyclic) bond motifs is 4. The third kappa shape index (κ3) is 4.54. The van der Waals surface area contributed by atoms with Gasteiger partial charge >= 0.3 is 6.03 Å². The second kappa shape index (κ2) is 9.20. The quantitative estimate of drug-likeness (QED) is 0.566. The minimum absolute atomic E-state index is 0.000341. The predicted octanol–water partition coefficient (Wildman–Crippen LogP) is 3.31. The van der Waals surface area contributed by atoms with Crippen LogP contribution in [-0.2, 0) is 16.6 Å². The van der Waals surface area contributed by atoms with Crippen LogP contribution in [0, 0.1) is 5.92 Å². The second-order valence-corrected chi connectivity index (χ2v) is 10.8. The number of amides is 2. The molecule has 3 aromatic rings. The number of rotatable bonds is 5. The zero-order valence-electron chi connectivity index (χ0n) is 19.2. The molecule has 182 valence electrons. The van der Waals surface area contributed by atoms with Gasteiger partial charge in [-0.05, 0) is 54.8 Å². The molecule has 2 aliphatic heterocycles. The van der Waals surface area contributed by atoms with Gasteiger partial charge in [0.05, 0.1) is 17.7 Å². The highest BCUT2D eigenvalue weighted by Gasteiger charge is 2.40. The molecule has 0 radical (unpaired) electrons. The van der Waals surface area contributed by atoms with Crippen LogP contribution in [0.3, 0.4) is 0 Å². The van der Waals surface area contributed by atoms with Crippen molar-refractivity contribution in [3.05, 3.63) is 82.8 Å². The molecule has 9 nitrogen and oxygen atoms in total. The largest absolute Gasteiger partial charge is 0.497 e. The van der Waals surface area contributed by atoms with E-state index in [1.807, 2.05) is 18.2 Å². The summed E-state index contributed by atoms with van der Waals surface area (Å²) in [4.78, 5) is 25.5. The Labute approximate surface area is 203 Å². The summed E-state index contributed by atoms with van der Waals surface area (Å²) in [7, 11) is -2.20. The molecule has 3 heterocycles. The van der Waals surface area contributed by atoms with Crippen molar-refractivity contribution in [2.24, 2.45) is 5.92 Å². The van der Waals surface area contributed by atoms with Gasteiger partial charge < -0.3 is 19.9 Å². The molecule has 2 aliphatic rings. The molecule has 0 unspecified atom stereocenters. The highest BCUT2D eigenvalue weighted by atomic mass is 32.2. The maximum atomic E-state index is 13.4. The standard InChI is InChI=1S/C25H26N4O5S/c1-34-20-7-9-21(10-8-20)35(32,33)28-14-17-13-18(16-28)24-22(11-12-23(30)29(24)15-17)27-25(31)26-19-5-3-2-4-6-19/h2-12,17-18H,13-16H2,1H3,(H2,26,27,31)/t17-,18-/m1/s1. The third-order valence-electron chi connectivity index (χ3n) is 6.53. The molecule has 1 aromatic heterocycles. The normalized spacial score (nSPS) is 19.5. The molecular weight excluding hydrogens is 468 g/mol. The Kier molecular flexibility index (Phi) is 6.08. The average Bonchev–Trinajstić information content (AvgIpc) is 2.86. The van der Waals surface area contributed by atoms with Crippen LogP contribution < -0.4 is 20.9 Å². The van der Waals surface area contributed by atoms with E-state index >= 15 is 0 Å². The number of ether oxygens (including phenoxy) is 1. The van der Waals surface area contributed by atoms with Crippen molar-refractivity contribution < 1.29 is 17.9 Å². The molecule has 2 N–H and O–H groups in total. The molecule has 2 atom stereocenters. The summed E-state index contributed by atoms with van der Waals surface area (Å²) in [6.45, 7) is 0.960. The van der Waals surface area contributed by atoms with E-state index in [0.717, 1.165) is 6.42 Å². The van der Waals surface area contributed by atoms with Gasteiger partial charge in [0, 0.05) is 43.0 Å². The Morgan fingerprint density at radius 2 is 1.69 bits per heavy atom. The highest BCUT2D eigenvalue weighted by Crippen LogP contribution is 2.40. The topological polar surface area (TPSA) is 110 Å². The lowest BCUT2D eigenvalue weighted by atomic mass is 9.83. The minimum Gasteiger partial charge on any atom is -0.497 e. The molecule has 0 spiro atoms. The van der Waals surface area contributed by atoms with Crippen LogP contribution in [0.1, 0.15) is 18.0 Å². The number of carbonyl (C=O) groups is 1. The first-order chi connectivity index (χ1) is 16.8. The van der Waals surface area contributed by atoms with Gasteiger partial charge in [0.15, 0.2) is 0 Å². The van der Waals surface area contributed by atoms with E-state index in [-0.39, 0.29) is 28.8 Å².